The first-order chi connectivity index (χ1) is 15.1. The van der Waals surface area contributed by atoms with Crippen molar-refractivity contribution in [1.82, 2.24) is 19.4 Å². The minimum absolute atomic E-state index is 0.123. The molecule has 1 N–H and O–H groups in total. The van der Waals surface area contributed by atoms with Crippen LogP contribution in [0.3, 0.4) is 0 Å². The summed E-state index contributed by atoms with van der Waals surface area (Å²) in [6, 6.07) is 2.85. The lowest BCUT2D eigenvalue weighted by atomic mass is 10.1. The number of hydrogen-bond acceptors (Lipinski definition) is 6. The second-order valence-electron chi connectivity index (χ2n) is 7.13. The van der Waals surface area contributed by atoms with Gasteiger partial charge in [-0.3, -0.25) is 10.00 Å². The van der Waals surface area contributed by atoms with Gasteiger partial charge in [0.2, 0.25) is 10.0 Å². The Morgan fingerprint density at radius 2 is 2.06 bits per heavy atom. The van der Waals surface area contributed by atoms with Crippen molar-refractivity contribution < 1.29 is 35.5 Å². The van der Waals surface area contributed by atoms with Crippen LogP contribution in [-0.2, 0) is 27.9 Å². The van der Waals surface area contributed by atoms with Gasteiger partial charge in [-0.25, -0.2) is 12.8 Å². The zero-order valence-corrected chi connectivity index (χ0v) is 17.7. The van der Waals surface area contributed by atoms with E-state index < -0.39 is 28.0 Å². The predicted octanol–water partition coefficient (Wildman–Crippen LogP) is 2.62. The van der Waals surface area contributed by atoms with Gasteiger partial charge in [0.25, 0.3) is 0 Å². The van der Waals surface area contributed by atoms with Crippen LogP contribution in [0.5, 0.6) is 5.75 Å². The maximum absolute atomic E-state index is 14.1. The SMILES string of the molecule is C=CS(=O)(=O)N1CCN(Cc2ccc(OC(F)(F)F)c(F)c2)C(COCc2cn[nH]c2)C1. The van der Waals surface area contributed by atoms with Crippen molar-refractivity contribution in [3.8, 4) is 5.75 Å². The molecule has 1 atom stereocenters. The summed E-state index contributed by atoms with van der Waals surface area (Å²) in [6.07, 6.45) is -1.73. The molecule has 2 aromatic rings. The number of alkyl halides is 3. The van der Waals surface area contributed by atoms with Crippen molar-refractivity contribution in [3.05, 3.63) is 59.5 Å². The third kappa shape index (κ3) is 6.51. The highest BCUT2D eigenvalue weighted by molar-refractivity contribution is 7.92. The molecule has 176 valence electrons. The minimum Gasteiger partial charge on any atom is -0.403 e. The molecule has 0 bridgehead atoms. The standard InChI is InChI=1S/C19H22F4N4O4S/c1-2-32(28,29)27-6-5-26(16(11-27)13-30-12-15-8-24-25-9-15)10-14-3-4-18(17(20)7-14)31-19(21,22)23/h2-4,7-9,16H,1,5-6,10-13H2,(H,24,25). The molecule has 2 heterocycles. The number of hydrogen-bond donors (Lipinski definition) is 1. The number of benzene rings is 1. The number of halogens is 4. The number of piperazine rings is 1. The molecule has 8 nitrogen and oxygen atoms in total. The molecule has 0 amide bonds. The van der Waals surface area contributed by atoms with Gasteiger partial charge < -0.3 is 9.47 Å². The fraction of sp³-hybridized carbons (Fsp3) is 0.421. The summed E-state index contributed by atoms with van der Waals surface area (Å²) in [5.41, 5.74) is 1.22. The van der Waals surface area contributed by atoms with Crippen molar-refractivity contribution in [2.24, 2.45) is 0 Å². The maximum Gasteiger partial charge on any atom is 0.573 e. The fourth-order valence-corrected chi connectivity index (χ4v) is 4.25. The molecule has 32 heavy (non-hydrogen) atoms. The molecule has 3 rings (SSSR count). The van der Waals surface area contributed by atoms with Gasteiger partial charge in [0, 0.05) is 49.4 Å². The highest BCUT2D eigenvalue weighted by atomic mass is 32.2. The highest BCUT2D eigenvalue weighted by Crippen LogP contribution is 2.27. The van der Waals surface area contributed by atoms with Crippen LogP contribution < -0.4 is 4.74 Å². The Bertz CT molecular complexity index is 1010. The van der Waals surface area contributed by atoms with E-state index in [0.29, 0.717) is 12.1 Å². The van der Waals surface area contributed by atoms with Crippen LogP contribution in [0.1, 0.15) is 11.1 Å². The van der Waals surface area contributed by atoms with E-state index in [4.69, 9.17) is 4.74 Å². The van der Waals surface area contributed by atoms with Crippen molar-refractivity contribution >= 4 is 10.0 Å². The zero-order chi connectivity index (χ0) is 23.4. The quantitative estimate of drug-likeness (QED) is 0.558. The maximum atomic E-state index is 14.1. The molecule has 0 aliphatic carbocycles. The topological polar surface area (TPSA) is 87.8 Å². The molecule has 0 radical (unpaired) electrons. The van der Waals surface area contributed by atoms with Gasteiger partial charge in [0.05, 0.1) is 19.4 Å². The van der Waals surface area contributed by atoms with Gasteiger partial charge in [-0.05, 0) is 17.7 Å². The van der Waals surface area contributed by atoms with E-state index >= 15 is 0 Å². The third-order valence-corrected chi connectivity index (χ3v) is 6.35. The van der Waals surface area contributed by atoms with Crippen LogP contribution in [0.4, 0.5) is 17.6 Å². The minimum atomic E-state index is -4.99. The Morgan fingerprint density at radius 1 is 1.28 bits per heavy atom. The summed E-state index contributed by atoms with van der Waals surface area (Å²) in [4.78, 5) is 1.89. The lowest BCUT2D eigenvalue weighted by Crippen LogP contribution is -2.55. The summed E-state index contributed by atoms with van der Waals surface area (Å²) >= 11 is 0. The third-order valence-electron chi connectivity index (χ3n) is 4.88. The molecule has 1 aromatic carbocycles. The van der Waals surface area contributed by atoms with Crippen LogP contribution in [-0.4, -0.2) is 66.5 Å². The van der Waals surface area contributed by atoms with Crippen LogP contribution in [0.2, 0.25) is 0 Å². The number of sulfonamides is 1. The second-order valence-corrected chi connectivity index (χ2v) is 9.01. The monoisotopic (exact) mass is 478 g/mol. The number of rotatable bonds is 9. The zero-order valence-electron chi connectivity index (χ0n) is 16.9. The average molecular weight is 478 g/mol. The largest absolute Gasteiger partial charge is 0.573 e. The Kier molecular flexibility index (Phi) is 7.54. The molecule has 1 aromatic heterocycles. The molecular weight excluding hydrogens is 456 g/mol. The summed E-state index contributed by atoms with van der Waals surface area (Å²) in [5, 5.41) is 7.36. The molecule has 1 fully saturated rings. The van der Waals surface area contributed by atoms with Gasteiger partial charge in [0.15, 0.2) is 11.6 Å². The van der Waals surface area contributed by atoms with E-state index in [0.717, 1.165) is 23.1 Å². The van der Waals surface area contributed by atoms with E-state index in [-0.39, 0.29) is 38.9 Å². The highest BCUT2D eigenvalue weighted by Gasteiger charge is 2.34. The number of nitrogens with zero attached hydrogens (tertiary/aromatic N) is 3. The van der Waals surface area contributed by atoms with Crippen LogP contribution in [0.15, 0.2) is 42.6 Å². The molecule has 13 heteroatoms. The van der Waals surface area contributed by atoms with Gasteiger partial charge in [-0.15, -0.1) is 13.2 Å². The van der Waals surface area contributed by atoms with Gasteiger partial charge in [-0.2, -0.15) is 9.40 Å². The van der Waals surface area contributed by atoms with E-state index in [2.05, 4.69) is 21.5 Å². The predicted molar refractivity (Wildman–Crippen MR) is 106 cm³/mol. The molecule has 1 aliphatic heterocycles. The summed E-state index contributed by atoms with van der Waals surface area (Å²) in [6.45, 7) is 4.58. The van der Waals surface area contributed by atoms with E-state index in [1.807, 2.05) is 4.90 Å². The van der Waals surface area contributed by atoms with Crippen molar-refractivity contribution in [3.63, 3.8) is 0 Å². The number of ether oxygens (including phenoxy) is 2. The molecular formula is C19H22F4N4O4S. The second kappa shape index (κ2) is 9.98. The molecule has 0 spiro atoms. The molecule has 1 unspecified atom stereocenters. The first kappa shape index (κ1) is 24.2. The Morgan fingerprint density at radius 3 is 2.69 bits per heavy atom. The summed E-state index contributed by atoms with van der Waals surface area (Å²) in [7, 11) is -3.63. The van der Waals surface area contributed by atoms with Crippen molar-refractivity contribution in [2.45, 2.75) is 25.6 Å². The number of H-pyrrole nitrogens is 1. The van der Waals surface area contributed by atoms with Gasteiger partial charge >= 0.3 is 6.36 Å². The van der Waals surface area contributed by atoms with Crippen LogP contribution in [0, 0.1) is 5.82 Å². The Balaban J connectivity index is 1.70. The normalized spacial score (nSPS) is 18.6. The van der Waals surface area contributed by atoms with E-state index in [1.165, 1.54) is 10.4 Å². The van der Waals surface area contributed by atoms with Crippen molar-refractivity contribution in [2.75, 3.05) is 26.2 Å². The first-order valence-corrected chi connectivity index (χ1v) is 11.0. The smallest absolute Gasteiger partial charge is 0.403 e. The van der Waals surface area contributed by atoms with Gasteiger partial charge in [-0.1, -0.05) is 12.6 Å². The molecule has 1 saturated heterocycles. The lowest BCUT2D eigenvalue weighted by Gasteiger charge is -2.40. The van der Waals surface area contributed by atoms with Crippen LogP contribution in [0.25, 0.3) is 0 Å². The Labute approximate surface area is 182 Å². The first-order valence-electron chi connectivity index (χ1n) is 9.53. The number of aromatic amines is 1. The lowest BCUT2D eigenvalue weighted by molar-refractivity contribution is -0.275. The van der Waals surface area contributed by atoms with Gasteiger partial charge in [0.1, 0.15) is 0 Å². The summed E-state index contributed by atoms with van der Waals surface area (Å²) in [5.74, 6) is -2.05. The van der Waals surface area contributed by atoms with E-state index in [9.17, 15) is 26.0 Å². The molecule has 1 aliphatic rings. The fourth-order valence-electron chi connectivity index (χ4n) is 3.32. The average Bonchev–Trinajstić information content (AvgIpc) is 3.23. The van der Waals surface area contributed by atoms with Crippen LogP contribution >= 0.6 is 0 Å². The summed E-state index contributed by atoms with van der Waals surface area (Å²) < 4.78 is 86.2. The Hall–Kier alpha value is -2.48. The number of aromatic nitrogens is 2. The molecule has 0 saturated carbocycles. The van der Waals surface area contributed by atoms with Crippen molar-refractivity contribution in [1.29, 1.82) is 0 Å². The van der Waals surface area contributed by atoms with E-state index in [1.54, 1.807) is 12.4 Å². The number of nitrogens with one attached hydrogen (secondary N) is 1.